The molecule has 0 saturated heterocycles. The number of nitrogens with one attached hydrogen (secondary N) is 1. The zero-order chi connectivity index (χ0) is 12.8. The predicted molar refractivity (Wildman–Crippen MR) is 68.4 cm³/mol. The van der Waals surface area contributed by atoms with Crippen LogP contribution in [-0.2, 0) is 4.79 Å². The monoisotopic (exact) mass is 242 g/mol. The van der Waals surface area contributed by atoms with E-state index in [2.05, 4.69) is 19.2 Å². The lowest BCUT2D eigenvalue weighted by molar-refractivity contribution is -0.124. The van der Waals surface area contributed by atoms with Gasteiger partial charge in [-0.05, 0) is 25.2 Å². The van der Waals surface area contributed by atoms with Crippen LogP contribution >= 0.6 is 0 Å². The van der Waals surface area contributed by atoms with E-state index in [1.54, 1.807) is 0 Å². The Bertz CT molecular complexity index is 244. The summed E-state index contributed by atoms with van der Waals surface area (Å²) in [5, 5.41) is 12.3. The van der Waals surface area contributed by atoms with Crippen molar-refractivity contribution >= 4 is 5.91 Å². The van der Waals surface area contributed by atoms with Crippen molar-refractivity contribution in [3.05, 3.63) is 0 Å². The van der Waals surface area contributed by atoms with Crippen molar-refractivity contribution in [3.8, 4) is 0 Å². The van der Waals surface area contributed by atoms with Crippen molar-refractivity contribution in [2.45, 2.75) is 58.0 Å². The first-order valence-electron chi connectivity index (χ1n) is 6.71. The number of aliphatic hydroxyl groups is 1. The SMILES string of the molecule is CC(C)C[C@H](N)C(=O)NC1CCCCC1CO. The van der Waals surface area contributed by atoms with Gasteiger partial charge in [0.2, 0.25) is 5.91 Å². The highest BCUT2D eigenvalue weighted by Crippen LogP contribution is 2.24. The van der Waals surface area contributed by atoms with Crippen LogP contribution < -0.4 is 11.1 Å². The molecule has 17 heavy (non-hydrogen) atoms. The maximum absolute atomic E-state index is 11.9. The highest BCUT2D eigenvalue weighted by molar-refractivity contribution is 5.81. The van der Waals surface area contributed by atoms with E-state index in [9.17, 15) is 9.90 Å². The van der Waals surface area contributed by atoms with Crippen molar-refractivity contribution in [3.63, 3.8) is 0 Å². The Morgan fingerprint density at radius 2 is 2.06 bits per heavy atom. The largest absolute Gasteiger partial charge is 0.396 e. The minimum absolute atomic E-state index is 0.0657. The molecule has 0 aromatic carbocycles. The topological polar surface area (TPSA) is 75.4 Å². The highest BCUT2D eigenvalue weighted by atomic mass is 16.3. The molecule has 0 aliphatic heterocycles. The molecular weight excluding hydrogens is 216 g/mol. The molecule has 0 radical (unpaired) electrons. The van der Waals surface area contributed by atoms with Gasteiger partial charge in [-0.2, -0.15) is 0 Å². The van der Waals surface area contributed by atoms with E-state index >= 15 is 0 Å². The molecule has 1 rings (SSSR count). The molecule has 4 heteroatoms. The molecule has 1 saturated carbocycles. The van der Waals surface area contributed by atoms with Gasteiger partial charge in [-0.3, -0.25) is 4.79 Å². The van der Waals surface area contributed by atoms with E-state index in [0.717, 1.165) is 25.7 Å². The molecule has 4 N–H and O–H groups in total. The van der Waals surface area contributed by atoms with E-state index in [1.807, 2.05) is 0 Å². The van der Waals surface area contributed by atoms with Crippen molar-refractivity contribution in [2.75, 3.05) is 6.61 Å². The van der Waals surface area contributed by atoms with Crippen LogP contribution in [0.3, 0.4) is 0 Å². The molecule has 2 unspecified atom stereocenters. The molecule has 4 nitrogen and oxygen atoms in total. The fourth-order valence-electron chi connectivity index (χ4n) is 2.52. The van der Waals surface area contributed by atoms with E-state index in [4.69, 9.17) is 5.73 Å². The average molecular weight is 242 g/mol. The maximum Gasteiger partial charge on any atom is 0.237 e. The van der Waals surface area contributed by atoms with Crippen molar-refractivity contribution in [1.82, 2.24) is 5.32 Å². The van der Waals surface area contributed by atoms with Gasteiger partial charge in [0.25, 0.3) is 0 Å². The highest BCUT2D eigenvalue weighted by Gasteiger charge is 2.27. The molecule has 3 atom stereocenters. The third-order valence-corrected chi connectivity index (χ3v) is 3.53. The van der Waals surface area contributed by atoms with Gasteiger partial charge in [0.15, 0.2) is 0 Å². The zero-order valence-corrected chi connectivity index (χ0v) is 11.0. The summed E-state index contributed by atoms with van der Waals surface area (Å²) in [6.45, 7) is 4.28. The zero-order valence-electron chi connectivity index (χ0n) is 11.0. The molecule has 0 aromatic heterocycles. The summed E-state index contributed by atoms with van der Waals surface area (Å²) in [6, 6.07) is -0.310. The number of rotatable bonds is 5. The maximum atomic E-state index is 11.9. The standard InChI is InChI=1S/C13H26N2O2/c1-9(2)7-11(14)13(17)15-12-6-4-3-5-10(12)8-16/h9-12,16H,3-8,14H2,1-2H3,(H,15,17)/t10?,11-,12?/m0/s1. The Hall–Kier alpha value is -0.610. The lowest BCUT2D eigenvalue weighted by atomic mass is 9.85. The Morgan fingerprint density at radius 3 is 2.65 bits per heavy atom. The van der Waals surface area contributed by atoms with Gasteiger partial charge in [0, 0.05) is 18.6 Å². The average Bonchev–Trinajstić information content (AvgIpc) is 2.28. The molecule has 0 spiro atoms. The number of carbonyl (C=O) groups is 1. The second-order valence-electron chi connectivity index (χ2n) is 5.58. The number of carbonyl (C=O) groups excluding carboxylic acids is 1. The second-order valence-corrected chi connectivity index (χ2v) is 5.58. The molecule has 1 aliphatic rings. The molecule has 0 bridgehead atoms. The molecule has 0 heterocycles. The van der Waals surface area contributed by atoms with E-state index < -0.39 is 6.04 Å². The lowest BCUT2D eigenvalue weighted by Crippen LogP contribution is -2.50. The first-order valence-corrected chi connectivity index (χ1v) is 6.71. The molecule has 1 fully saturated rings. The van der Waals surface area contributed by atoms with Gasteiger partial charge in [0.05, 0.1) is 6.04 Å². The Balaban J connectivity index is 2.43. The number of nitrogens with two attached hydrogens (primary N) is 1. The van der Waals surface area contributed by atoms with Crippen LogP contribution in [0.15, 0.2) is 0 Å². The minimum Gasteiger partial charge on any atom is -0.396 e. The normalized spacial score (nSPS) is 26.9. The predicted octanol–water partition coefficient (Wildman–Crippen LogP) is 1.03. The Morgan fingerprint density at radius 1 is 1.41 bits per heavy atom. The van der Waals surface area contributed by atoms with E-state index in [-0.39, 0.29) is 24.5 Å². The number of hydrogen-bond acceptors (Lipinski definition) is 3. The van der Waals surface area contributed by atoms with Crippen LogP contribution in [0.1, 0.15) is 46.0 Å². The molecule has 0 aromatic rings. The van der Waals surface area contributed by atoms with Crippen molar-refractivity contribution in [1.29, 1.82) is 0 Å². The molecular formula is C13H26N2O2. The van der Waals surface area contributed by atoms with E-state index in [0.29, 0.717) is 12.3 Å². The van der Waals surface area contributed by atoms with Gasteiger partial charge in [-0.1, -0.05) is 26.7 Å². The smallest absolute Gasteiger partial charge is 0.237 e. The van der Waals surface area contributed by atoms with Gasteiger partial charge in [-0.15, -0.1) is 0 Å². The van der Waals surface area contributed by atoms with Crippen LogP contribution in [0, 0.1) is 11.8 Å². The number of aliphatic hydroxyl groups excluding tert-OH is 1. The second kappa shape index (κ2) is 6.97. The fourth-order valence-corrected chi connectivity index (χ4v) is 2.52. The lowest BCUT2D eigenvalue weighted by Gasteiger charge is -2.31. The molecule has 1 aliphatic carbocycles. The van der Waals surface area contributed by atoms with Crippen molar-refractivity contribution in [2.24, 2.45) is 17.6 Å². The summed E-state index contributed by atoms with van der Waals surface area (Å²) in [6.07, 6.45) is 4.95. The summed E-state index contributed by atoms with van der Waals surface area (Å²) in [5.74, 6) is 0.568. The first-order chi connectivity index (χ1) is 8.04. The summed E-state index contributed by atoms with van der Waals surface area (Å²) in [7, 11) is 0. The molecule has 100 valence electrons. The summed E-state index contributed by atoms with van der Waals surface area (Å²) in [4.78, 5) is 11.9. The molecule has 1 amide bonds. The fraction of sp³-hybridized carbons (Fsp3) is 0.923. The van der Waals surface area contributed by atoms with Crippen LogP contribution in [-0.4, -0.2) is 29.7 Å². The van der Waals surface area contributed by atoms with Crippen LogP contribution in [0.4, 0.5) is 0 Å². The number of amides is 1. The van der Waals surface area contributed by atoms with Gasteiger partial charge >= 0.3 is 0 Å². The van der Waals surface area contributed by atoms with Crippen LogP contribution in [0.2, 0.25) is 0 Å². The third-order valence-electron chi connectivity index (χ3n) is 3.53. The summed E-state index contributed by atoms with van der Waals surface area (Å²) < 4.78 is 0. The summed E-state index contributed by atoms with van der Waals surface area (Å²) in [5.41, 5.74) is 5.85. The van der Waals surface area contributed by atoms with Gasteiger partial charge in [0.1, 0.15) is 0 Å². The van der Waals surface area contributed by atoms with Crippen LogP contribution in [0.5, 0.6) is 0 Å². The third kappa shape index (κ3) is 4.64. The van der Waals surface area contributed by atoms with Gasteiger partial charge < -0.3 is 16.2 Å². The number of hydrogen-bond donors (Lipinski definition) is 3. The van der Waals surface area contributed by atoms with E-state index in [1.165, 1.54) is 0 Å². The minimum atomic E-state index is -0.420. The van der Waals surface area contributed by atoms with Crippen molar-refractivity contribution < 1.29 is 9.90 Å². The summed E-state index contributed by atoms with van der Waals surface area (Å²) >= 11 is 0. The quantitative estimate of drug-likeness (QED) is 0.674. The Labute approximate surface area is 104 Å². The first kappa shape index (κ1) is 14.5. The van der Waals surface area contributed by atoms with Gasteiger partial charge in [-0.25, -0.2) is 0 Å². The van der Waals surface area contributed by atoms with Crippen LogP contribution in [0.25, 0.3) is 0 Å². The Kier molecular flexibility index (Phi) is 5.92.